The summed E-state index contributed by atoms with van der Waals surface area (Å²) in [6.45, 7) is 1.94. The number of para-hydroxylation sites is 2. The van der Waals surface area contributed by atoms with E-state index in [1.165, 1.54) is 6.07 Å². The molecule has 0 aromatic heterocycles. The monoisotopic (exact) mass is 283 g/mol. The van der Waals surface area contributed by atoms with Crippen molar-refractivity contribution in [2.45, 2.75) is 13.0 Å². The molecule has 2 aromatic rings. The number of nitrogens with one attached hydrogen (secondary N) is 2. The molecule has 1 amide bonds. The number of rotatable bonds is 3. The van der Waals surface area contributed by atoms with Crippen LogP contribution >= 0.6 is 0 Å². The fourth-order valence-electron chi connectivity index (χ4n) is 2.43. The van der Waals surface area contributed by atoms with Gasteiger partial charge in [-0.25, -0.2) is 0 Å². The van der Waals surface area contributed by atoms with Gasteiger partial charge in [0, 0.05) is 17.3 Å². The van der Waals surface area contributed by atoms with E-state index in [9.17, 15) is 14.9 Å². The first-order valence-electron chi connectivity index (χ1n) is 6.47. The second kappa shape index (κ2) is 4.90. The van der Waals surface area contributed by atoms with Crippen LogP contribution in [0.2, 0.25) is 0 Å². The Labute approximate surface area is 120 Å². The Bertz CT molecular complexity index is 743. The Hall–Kier alpha value is -2.89. The summed E-state index contributed by atoms with van der Waals surface area (Å²) in [5.41, 5.74) is 2.85. The van der Waals surface area contributed by atoms with Crippen molar-refractivity contribution in [3.05, 3.63) is 63.7 Å². The van der Waals surface area contributed by atoms with Crippen LogP contribution in [0.1, 0.15) is 17.2 Å². The summed E-state index contributed by atoms with van der Waals surface area (Å²) in [4.78, 5) is 22.7. The zero-order valence-electron chi connectivity index (χ0n) is 11.3. The zero-order valence-corrected chi connectivity index (χ0v) is 11.3. The van der Waals surface area contributed by atoms with Crippen LogP contribution in [0.25, 0.3) is 0 Å². The molecule has 21 heavy (non-hydrogen) atoms. The molecule has 1 atom stereocenters. The fraction of sp³-hybridized carbons (Fsp3) is 0.133. The Morgan fingerprint density at radius 3 is 2.76 bits per heavy atom. The maximum atomic E-state index is 12.1. The summed E-state index contributed by atoms with van der Waals surface area (Å²) in [6.07, 6.45) is 0. The molecular weight excluding hydrogens is 270 g/mol. The summed E-state index contributed by atoms with van der Waals surface area (Å²) < 4.78 is 0. The van der Waals surface area contributed by atoms with Crippen LogP contribution in [0, 0.1) is 17.0 Å². The third kappa shape index (κ3) is 2.31. The van der Waals surface area contributed by atoms with Gasteiger partial charge in [-0.1, -0.05) is 29.8 Å². The van der Waals surface area contributed by atoms with Gasteiger partial charge in [0.25, 0.3) is 11.6 Å². The van der Waals surface area contributed by atoms with Crippen molar-refractivity contribution in [1.82, 2.24) is 0 Å². The Kier molecular flexibility index (Phi) is 3.06. The van der Waals surface area contributed by atoms with E-state index >= 15 is 0 Å². The number of nitrogens with zero attached hydrogens (tertiary/aromatic N) is 1. The Morgan fingerprint density at radius 1 is 1.24 bits per heavy atom. The number of nitro benzene ring substituents is 1. The number of fused-ring (bicyclic) bond motifs is 1. The molecule has 1 aliphatic rings. The lowest BCUT2D eigenvalue weighted by Crippen LogP contribution is -2.20. The van der Waals surface area contributed by atoms with Crippen molar-refractivity contribution in [1.29, 1.82) is 0 Å². The molecule has 1 unspecified atom stereocenters. The highest BCUT2D eigenvalue weighted by atomic mass is 16.6. The van der Waals surface area contributed by atoms with Crippen molar-refractivity contribution in [3.63, 3.8) is 0 Å². The number of amides is 1. The molecule has 0 bridgehead atoms. The lowest BCUT2D eigenvalue weighted by molar-refractivity contribution is -0.384. The van der Waals surface area contributed by atoms with Crippen molar-refractivity contribution in [3.8, 4) is 0 Å². The predicted molar refractivity (Wildman–Crippen MR) is 79.3 cm³/mol. The normalized spacial score (nSPS) is 16.2. The van der Waals surface area contributed by atoms with Gasteiger partial charge < -0.3 is 10.6 Å². The first kappa shape index (κ1) is 13.1. The lowest BCUT2D eigenvalue weighted by Gasteiger charge is -2.13. The maximum absolute atomic E-state index is 12.1. The van der Waals surface area contributed by atoms with Gasteiger partial charge in [-0.15, -0.1) is 0 Å². The van der Waals surface area contributed by atoms with E-state index in [0.717, 1.165) is 16.8 Å². The highest BCUT2D eigenvalue weighted by Crippen LogP contribution is 2.35. The van der Waals surface area contributed by atoms with Crippen LogP contribution in [-0.2, 0) is 4.79 Å². The number of nitro groups is 1. The van der Waals surface area contributed by atoms with Crippen LogP contribution in [0.4, 0.5) is 17.1 Å². The van der Waals surface area contributed by atoms with Gasteiger partial charge in [0.15, 0.2) is 0 Å². The smallest absolute Gasteiger partial charge is 0.292 e. The molecular formula is C15H13N3O3. The van der Waals surface area contributed by atoms with Crippen LogP contribution in [0.5, 0.6) is 0 Å². The number of anilines is 2. The average Bonchev–Trinajstić information content (AvgIpc) is 2.75. The van der Waals surface area contributed by atoms with Crippen molar-refractivity contribution >= 4 is 23.0 Å². The molecule has 0 saturated carbocycles. The minimum absolute atomic E-state index is 0.0496. The molecule has 3 rings (SSSR count). The van der Waals surface area contributed by atoms with E-state index in [1.807, 2.05) is 25.1 Å². The number of hydrogen-bond donors (Lipinski definition) is 2. The highest BCUT2D eigenvalue weighted by Gasteiger charge is 2.31. The van der Waals surface area contributed by atoms with Crippen molar-refractivity contribution < 1.29 is 9.72 Å². The van der Waals surface area contributed by atoms with Crippen molar-refractivity contribution in [2.24, 2.45) is 0 Å². The SMILES string of the molecule is Cc1ccc2c(c1)C(Nc1ccccc1[N+](=O)[O-])C(=O)N2. The number of aryl methyl sites for hydroxylation is 1. The third-order valence-electron chi connectivity index (χ3n) is 3.44. The second-order valence-corrected chi connectivity index (χ2v) is 4.93. The van der Waals surface area contributed by atoms with Gasteiger partial charge in [0.05, 0.1) is 4.92 Å². The van der Waals surface area contributed by atoms with E-state index < -0.39 is 11.0 Å². The summed E-state index contributed by atoms with van der Waals surface area (Å²) in [5, 5.41) is 16.8. The lowest BCUT2D eigenvalue weighted by atomic mass is 10.0. The molecule has 106 valence electrons. The molecule has 6 nitrogen and oxygen atoms in total. The standard InChI is InChI=1S/C15H13N3O3/c1-9-6-7-11-10(8-9)14(15(19)17-11)16-12-4-2-3-5-13(12)18(20)21/h2-8,14,16H,1H3,(H,17,19). The predicted octanol–water partition coefficient (Wildman–Crippen LogP) is 3.01. The number of carbonyl (C=O) groups excluding carboxylic acids is 1. The average molecular weight is 283 g/mol. The maximum Gasteiger partial charge on any atom is 0.292 e. The minimum atomic E-state index is -0.624. The zero-order chi connectivity index (χ0) is 15.0. The van der Waals surface area contributed by atoms with Crippen molar-refractivity contribution in [2.75, 3.05) is 10.6 Å². The Morgan fingerprint density at radius 2 is 2.00 bits per heavy atom. The molecule has 0 radical (unpaired) electrons. The third-order valence-corrected chi connectivity index (χ3v) is 3.44. The topological polar surface area (TPSA) is 84.3 Å². The fourth-order valence-corrected chi connectivity index (χ4v) is 2.43. The van der Waals surface area contributed by atoms with E-state index in [4.69, 9.17) is 0 Å². The summed E-state index contributed by atoms with van der Waals surface area (Å²) in [6, 6.07) is 11.3. The molecule has 6 heteroatoms. The van der Waals surface area contributed by atoms with Gasteiger partial charge in [0.1, 0.15) is 11.7 Å². The van der Waals surface area contributed by atoms with E-state index in [0.29, 0.717) is 5.69 Å². The molecule has 1 heterocycles. The molecule has 2 N–H and O–H groups in total. The van der Waals surface area contributed by atoms with Gasteiger partial charge in [0.2, 0.25) is 0 Å². The van der Waals surface area contributed by atoms with E-state index in [1.54, 1.807) is 18.2 Å². The van der Waals surface area contributed by atoms with Gasteiger partial charge in [-0.2, -0.15) is 0 Å². The summed E-state index contributed by atoms with van der Waals surface area (Å²) in [7, 11) is 0. The Balaban J connectivity index is 1.98. The molecule has 1 aliphatic heterocycles. The molecule has 0 fully saturated rings. The quantitative estimate of drug-likeness (QED) is 0.670. The van der Waals surface area contributed by atoms with Gasteiger partial charge >= 0.3 is 0 Å². The van der Waals surface area contributed by atoms with Crippen LogP contribution in [0.15, 0.2) is 42.5 Å². The molecule has 0 spiro atoms. The highest BCUT2D eigenvalue weighted by molar-refractivity contribution is 6.04. The molecule has 2 aromatic carbocycles. The summed E-state index contributed by atoms with van der Waals surface area (Å²) in [5.74, 6) is -0.214. The first-order chi connectivity index (χ1) is 10.1. The van der Waals surface area contributed by atoms with Crippen LogP contribution in [-0.4, -0.2) is 10.8 Å². The van der Waals surface area contributed by atoms with Gasteiger partial charge in [-0.05, 0) is 19.1 Å². The minimum Gasteiger partial charge on any atom is -0.364 e. The van der Waals surface area contributed by atoms with Crippen LogP contribution in [0.3, 0.4) is 0 Å². The van der Waals surface area contributed by atoms with Crippen LogP contribution < -0.4 is 10.6 Å². The number of hydrogen-bond acceptors (Lipinski definition) is 4. The molecule has 0 saturated heterocycles. The first-order valence-corrected chi connectivity index (χ1v) is 6.47. The molecule has 0 aliphatic carbocycles. The largest absolute Gasteiger partial charge is 0.364 e. The van der Waals surface area contributed by atoms with E-state index in [-0.39, 0.29) is 11.6 Å². The second-order valence-electron chi connectivity index (χ2n) is 4.93. The van der Waals surface area contributed by atoms with Gasteiger partial charge in [-0.3, -0.25) is 14.9 Å². The summed E-state index contributed by atoms with van der Waals surface area (Å²) >= 11 is 0. The number of benzene rings is 2. The van der Waals surface area contributed by atoms with E-state index in [2.05, 4.69) is 10.6 Å². The number of carbonyl (C=O) groups is 1.